The fourth-order valence-electron chi connectivity index (χ4n) is 1.89. The number of nitrogens with zero attached hydrogens (tertiary/aromatic N) is 1. The Kier molecular flexibility index (Phi) is 6.01. The molecule has 0 aliphatic carbocycles. The van der Waals surface area contributed by atoms with Crippen molar-refractivity contribution in [3.05, 3.63) is 0 Å². The van der Waals surface area contributed by atoms with Gasteiger partial charge in [0, 0.05) is 20.8 Å². The second-order valence-corrected chi connectivity index (χ2v) is 4.24. The van der Waals surface area contributed by atoms with Crippen molar-refractivity contribution in [1.29, 1.82) is 0 Å². The highest BCUT2D eigenvalue weighted by Crippen LogP contribution is 2.24. The normalized spacial score (nSPS) is 28.0. The van der Waals surface area contributed by atoms with Gasteiger partial charge >= 0.3 is 17.9 Å². The second kappa shape index (κ2) is 7.51. The van der Waals surface area contributed by atoms with Crippen LogP contribution in [0.2, 0.25) is 0 Å². The van der Waals surface area contributed by atoms with Gasteiger partial charge in [0.1, 0.15) is 0 Å². The Morgan fingerprint density at radius 2 is 1.52 bits per heavy atom. The van der Waals surface area contributed by atoms with Gasteiger partial charge < -0.3 is 18.9 Å². The first-order valence-electron chi connectivity index (χ1n) is 6.05. The number of hydrogen-bond acceptors (Lipinski definition) is 9. The molecule has 0 radical (unpaired) electrons. The van der Waals surface area contributed by atoms with Crippen LogP contribution in [-0.2, 0) is 38.1 Å². The number of esters is 3. The molecule has 0 unspecified atom stereocenters. The largest absolute Gasteiger partial charge is 0.456 e. The molecule has 1 heterocycles. The molecule has 0 aromatic heterocycles. The predicted molar refractivity (Wildman–Crippen MR) is 64.5 cm³/mol. The van der Waals surface area contributed by atoms with Crippen molar-refractivity contribution in [3.8, 4) is 0 Å². The molecule has 0 N–H and O–H groups in total. The maximum Gasteiger partial charge on any atom is 0.303 e. The number of ether oxygens (including phenoxy) is 4. The molecule has 0 saturated carbocycles. The first kappa shape index (κ1) is 16.8. The molecule has 1 saturated heterocycles. The van der Waals surface area contributed by atoms with Gasteiger partial charge in [-0.25, -0.2) is 4.79 Å². The molecule has 0 bridgehead atoms. The van der Waals surface area contributed by atoms with Crippen LogP contribution in [0.25, 0.3) is 0 Å². The fraction of sp³-hybridized carbons (Fsp3) is 0.667. The molecular weight excluding hydrogens is 286 g/mol. The Bertz CT molecular complexity index is 470. The Hall–Kier alpha value is -2.25. The van der Waals surface area contributed by atoms with Crippen LogP contribution in [0.4, 0.5) is 0 Å². The Balaban J connectivity index is 3.05. The van der Waals surface area contributed by atoms with Crippen LogP contribution in [-0.4, -0.2) is 55.1 Å². The van der Waals surface area contributed by atoms with Crippen molar-refractivity contribution in [2.24, 2.45) is 4.99 Å². The average molecular weight is 301 g/mol. The van der Waals surface area contributed by atoms with Crippen LogP contribution in [0.3, 0.4) is 0 Å². The minimum atomic E-state index is -1.22. The van der Waals surface area contributed by atoms with Gasteiger partial charge in [0.2, 0.25) is 12.3 Å². The molecule has 1 aliphatic rings. The lowest BCUT2D eigenvalue weighted by molar-refractivity contribution is -0.224. The molecule has 116 valence electrons. The number of rotatable bonds is 4. The molecule has 21 heavy (non-hydrogen) atoms. The Labute approximate surface area is 120 Å². The number of carbonyl (C=O) groups is 3. The first-order valence-corrected chi connectivity index (χ1v) is 6.05. The van der Waals surface area contributed by atoms with Crippen molar-refractivity contribution >= 4 is 24.0 Å². The standard InChI is InChI=1S/C12H15NO8/c1-6(15)19-9-4-18-12(13-5-14)11(21-8(3)17)10(9)20-7(2)16/h9-12H,4H2,1-3H3/t9-,10-,11+,12-/m1/s1. The van der Waals surface area contributed by atoms with E-state index in [1.54, 1.807) is 0 Å². The van der Waals surface area contributed by atoms with Crippen LogP contribution >= 0.6 is 0 Å². The topological polar surface area (TPSA) is 118 Å². The van der Waals surface area contributed by atoms with E-state index in [-0.39, 0.29) is 6.61 Å². The van der Waals surface area contributed by atoms with Crippen LogP contribution in [0.1, 0.15) is 20.8 Å². The molecular formula is C12H15NO8. The summed E-state index contributed by atoms with van der Waals surface area (Å²) in [5.41, 5.74) is 0. The van der Waals surface area contributed by atoms with E-state index in [0.29, 0.717) is 0 Å². The molecule has 1 rings (SSSR count). The van der Waals surface area contributed by atoms with Gasteiger partial charge in [0.15, 0.2) is 18.3 Å². The van der Waals surface area contributed by atoms with Gasteiger partial charge in [-0.3, -0.25) is 14.4 Å². The molecule has 1 fully saturated rings. The first-order chi connectivity index (χ1) is 9.85. The van der Waals surface area contributed by atoms with Gasteiger partial charge in [-0.2, -0.15) is 4.99 Å². The molecule has 0 aromatic rings. The lowest BCUT2D eigenvalue weighted by Crippen LogP contribution is -2.56. The predicted octanol–water partition coefficient (Wildman–Crippen LogP) is -0.526. The van der Waals surface area contributed by atoms with E-state index >= 15 is 0 Å². The van der Waals surface area contributed by atoms with Crippen LogP contribution in [0, 0.1) is 0 Å². The zero-order valence-electron chi connectivity index (χ0n) is 11.7. The van der Waals surface area contributed by atoms with Crippen molar-refractivity contribution < 1.29 is 38.1 Å². The molecule has 4 atom stereocenters. The molecule has 9 heteroatoms. The van der Waals surface area contributed by atoms with Gasteiger partial charge in [-0.1, -0.05) is 0 Å². The highest BCUT2D eigenvalue weighted by molar-refractivity contribution is 5.68. The lowest BCUT2D eigenvalue weighted by Gasteiger charge is -2.38. The second-order valence-electron chi connectivity index (χ2n) is 4.24. The Morgan fingerprint density at radius 1 is 1.00 bits per heavy atom. The summed E-state index contributed by atoms with van der Waals surface area (Å²) in [4.78, 5) is 47.2. The average Bonchev–Trinajstić information content (AvgIpc) is 2.35. The maximum absolute atomic E-state index is 11.2. The van der Waals surface area contributed by atoms with E-state index in [0.717, 1.165) is 13.8 Å². The number of aliphatic imine (C=N–C) groups is 1. The van der Waals surface area contributed by atoms with Crippen molar-refractivity contribution in [1.82, 2.24) is 0 Å². The molecule has 9 nitrogen and oxygen atoms in total. The van der Waals surface area contributed by atoms with Crippen LogP contribution < -0.4 is 0 Å². The van der Waals surface area contributed by atoms with E-state index in [2.05, 4.69) is 4.99 Å². The van der Waals surface area contributed by atoms with Crippen LogP contribution in [0.5, 0.6) is 0 Å². The molecule has 0 amide bonds. The van der Waals surface area contributed by atoms with E-state index in [1.165, 1.54) is 13.0 Å². The van der Waals surface area contributed by atoms with E-state index in [1.807, 2.05) is 0 Å². The maximum atomic E-state index is 11.2. The minimum Gasteiger partial charge on any atom is -0.456 e. The van der Waals surface area contributed by atoms with E-state index < -0.39 is 42.4 Å². The fourth-order valence-corrected chi connectivity index (χ4v) is 1.89. The summed E-state index contributed by atoms with van der Waals surface area (Å²) >= 11 is 0. The van der Waals surface area contributed by atoms with Gasteiger partial charge in [0.25, 0.3) is 0 Å². The molecule has 0 spiro atoms. The zero-order valence-corrected chi connectivity index (χ0v) is 11.7. The van der Waals surface area contributed by atoms with Gasteiger partial charge in [-0.05, 0) is 0 Å². The summed E-state index contributed by atoms with van der Waals surface area (Å²) in [6, 6.07) is 0. The third-order valence-corrected chi connectivity index (χ3v) is 2.50. The van der Waals surface area contributed by atoms with Gasteiger partial charge in [0.05, 0.1) is 6.61 Å². The summed E-state index contributed by atoms with van der Waals surface area (Å²) in [5, 5.41) is 0. The summed E-state index contributed by atoms with van der Waals surface area (Å²) in [7, 11) is 0. The summed E-state index contributed by atoms with van der Waals surface area (Å²) < 4.78 is 20.2. The van der Waals surface area contributed by atoms with Crippen molar-refractivity contribution in [3.63, 3.8) is 0 Å². The van der Waals surface area contributed by atoms with Crippen molar-refractivity contribution in [2.45, 2.75) is 45.3 Å². The molecule has 1 aliphatic heterocycles. The summed E-state index contributed by atoms with van der Waals surface area (Å²) in [6.45, 7) is 3.26. The highest BCUT2D eigenvalue weighted by Gasteiger charge is 2.47. The quantitative estimate of drug-likeness (QED) is 0.294. The third kappa shape index (κ3) is 4.97. The van der Waals surface area contributed by atoms with Crippen LogP contribution in [0.15, 0.2) is 4.99 Å². The zero-order chi connectivity index (χ0) is 16.0. The van der Waals surface area contributed by atoms with E-state index in [9.17, 15) is 19.2 Å². The lowest BCUT2D eigenvalue weighted by atomic mass is 10.0. The summed E-state index contributed by atoms with van der Waals surface area (Å²) in [5.74, 6) is -2.00. The van der Waals surface area contributed by atoms with Gasteiger partial charge in [-0.15, -0.1) is 0 Å². The highest BCUT2D eigenvalue weighted by atomic mass is 16.6. The van der Waals surface area contributed by atoms with E-state index in [4.69, 9.17) is 18.9 Å². The summed E-state index contributed by atoms with van der Waals surface area (Å²) in [6.07, 6.45) is -3.24. The monoisotopic (exact) mass is 301 g/mol. The smallest absolute Gasteiger partial charge is 0.303 e. The molecule has 0 aromatic carbocycles. The van der Waals surface area contributed by atoms with Crippen molar-refractivity contribution in [2.75, 3.05) is 6.61 Å². The number of isocyanates is 1. The Morgan fingerprint density at radius 3 is 2.00 bits per heavy atom. The minimum absolute atomic E-state index is 0.175. The third-order valence-electron chi connectivity index (χ3n) is 2.50. The SMILES string of the molecule is CC(=O)O[C@H]1[C@H](OC(C)=O)[C@H](OC(C)=O)CO[C@H]1N=C=O. The number of hydrogen-bond donors (Lipinski definition) is 0. The number of carbonyl (C=O) groups excluding carboxylic acids is 4.